The number of aromatic amines is 1. The van der Waals surface area contributed by atoms with Crippen molar-refractivity contribution >= 4 is 5.84 Å². The van der Waals surface area contributed by atoms with E-state index in [2.05, 4.69) is 21.8 Å². The number of hydrogen-bond acceptors (Lipinski definition) is 3. The molecule has 1 aromatic carbocycles. The summed E-state index contributed by atoms with van der Waals surface area (Å²) in [5.74, 6) is 1.72. The van der Waals surface area contributed by atoms with Gasteiger partial charge in [-0.2, -0.15) is 5.10 Å². The van der Waals surface area contributed by atoms with Crippen molar-refractivity contribution in [3.05, 3.63) is 48.9 Å². The molecule has 0 spiro atoms. The number of benzene rings is 1. The molecule has 0 fully saturated rings. The molecular formula is C15H16N4O. The zero-order chi connectivity index (χ0) is 13.9. The molecule has 1 aromatic heterocycles. The maximum atomic E-state index is 5.85. The Morgan fingerprint density at radius 1 is 1.45 bits per heavy atom. The van der Waals surface area contributed by atoms with Crippen molar-refractivity contribution in [1.82, 2.24) is 15.1 Å². The van der Waals surface area contributed by atoms with Crippen LogP contribution < -0.4 is 4.74 Å². The van der Waals surface area contributed by atoms with Gasteiger partial charge < -0.3 is 9.64 Å². The number of ether oxygens (including phenoxy) is 1. The van der Waals surface area contributed by atoms with Crippen LogP contribution in [-0.2, 0) is 0 Å². The number of aromatic nitrogens is 2. The van der Waals surface area contributed by atoms with E-state index in [0.717, 1.165) is 34.8 Å². The highest BCUT2D eigenvalue weighted by molar-refractivity contribution is 6.02. The summed E-state index contributed by atoms with van der Waals surface area (Å²) in [6.45, 7) is 5.18. The first-order valence-electron chi connectivity index (χ1n) is 6.46. The van der Waals surface area contributed by atoms with E-state index < -0.39 is 0 Å². The van der Waals surface area contributed by atoms with Crippen LogP contribution in [0.5, 0.6) is 5.75 Å². The number of nitrogens with one attached hydrogen (secondary N) is 1. The molecule has 0 saturated heterocycles. The third kappa shape index (κ3) is 2.07. The average molecular weight is 268 g/mol. The molecule has 0 amide bonds. The number of rotatable bonds is 2. The Labute approximate surface area is 117 Å². The predicted octanol–water partition coefficient (Wildman–Crippen LogP) is 2.29. The van der Waals surface area contributed by atoms with Crippen molar-refractivity contribution in [2.24, 2.45) is 4.99 Å². The van der Waals surface area contributed by atoms with Gasteiger partial charge in [-0.15, -0.1) is 0 Å². The van der Waals surface area contributed by atoms with Gasteiger partial charge in [-0.05, 0) is 23.9 Å². The molecule has 0 bridgehead atoms. The molecule has 5 heteroatoms. The van der Waals surface area contributed by atoms with E-state index in [4.69, 9.17) is 4.74 Å². The quantitative estimate of drug-likeness (QED) is 0.909. The summed E-state index contributed by atoms with van der Waals surface area (Å²) in [5.41, 5.74) is 3.09. The minimum absolute atomic E-state index is 0.604. The van der Waals surface area contributed by atoms with Crippen molar-refractivity contribution in [3.8, 4) is 16.9 Å². The summed E-state index contributed by atoms with van der Waals surface area (Å²) in [6.07, 6.45) is 5.44. The number of H-pyrrole nitrogens is 1. The lowest BCUT2D eigenvalue weighted by atomic mass is 10.1. The molecule has 3 rings (SSSR count). The smallest absolute Gasteiger partial charge is 0.138 e. The summed E-state index contributed by atoms with van der Waals surface area (Å²) < 4.78 is 5.85. The fourth-order valence-corrected chi connectivity index (χ4v) is 2.36. The van der Waals surface area contributed by atoms with Crippen molar-refractivity contribution in [1.29, 1.82) is 0 Å². The van der Waals surface area contributed by atoms with Crippen LogP contribution in [0, 0.1) is 0 Å². The monoisotopic (exact) mass is 268 g/mol. The van der Waals surface area contributed by atoms with Gasteiger partial charge in [-0.3, -0.25) is 10.1 Å². The SMILES string of the molecule is C=CN1CCOc2cc(-c3cn[nH]c3)ccc2C1=NC. The van der Waals surface area contributed by atoms with Gasteiger partial charge in [-0.1, -0.05) is 12.6 Å². The Hall–Kier alpha value is -2.56. The van der Waals surface area contributed by atoms with Gasteiger partial charge in [0, 0.05) is 18.8 Å². The topological polar surface area (TPSA) is 53.5 Å². The van der Waals surface area contributed by atoms with Crippen molar-refractivity contribution < 1.29 is 4.74 Å². The summed E-state index contributed by atoms with van der Waals surface area (Å²) in [4.78, 5) is 6.37. The van der Waals surface area contributed by atoms with Gasteiger partial charge in [0.25, 0.3) is 0 Å². The van der Waals surface area contributed by atoms with Gasteiger partial charge in [0.2, 0.25) is 0 Å². The second-order valence-corrected chi connectivity index (χ2v) is 4.47. The highest BCUT2D eigenvalue weighted by Gasteiger charge is 2.20. The van der Waals surface area contributed by atoms with E-state index in [0.29, 0.717) is 6.61 Å². The first-order valence-corrected chi connectivity index (χ1v) is 6.46. The van der Waals surface area contributed by atoms with Crippen LogP contribution in [0.1, 0.15) is 5.56 Å². The summed E-state index contributed by atoms with van der Waals surface area (Å²) in [6, 6.07) is 6.10. The van der Waals surface area contributed by atoms with Gasteiger partial charge in [0.05, 0.1) is 18.3 Å². The minimum Gasteiger partial charge on any atom is -0.491 e. The molecule has 2 aromatic rings. The van der Waals surface area contributed by atoms with Crippen LogP contribution in [0.25, 0.3) is 11.1 Å². The predicted molar refractivity (Wildman–Crippen MR) is 78.9 cm³/mol. The van der Waals surface area contributed by atoms with E-state index in [1.807, 2.05) is 29.3 Å². The molecule has 102 valence electrons. The van der Waals surface area contributed by atoms with Gasteiger partial charge in [0.1, 0.15) is 18.2 Å². The average Bonchev–Trinajstić information content (AvgIpc) is 2.95. The maximum absolute atomic E-state index is 5.85. The van der Waals surface area contributed by atoms with E-state index in [1.54, 1.807) is 19.4 Å². The summed E-state index contributed by atoms with van der Waals surface area (Å²) >= 11 is 0. The van der Waals surface area contributed by atoms with Gasteiger partial charge >= 0.3 is 0 Å². The molecule has 0 unspecified atom stereocenters. The molecule has 0 aliphatic carbocycles. The molecule has 0 atom stereocenters. The lowest BCUT2D eigenvalue weighted by molar-refractivity contribution is 0.302. The lowest BCUT2D eigenvalue weighted by Crippen LogP contribution is -2.27. The Balaban J connectivity index is 2.08. The highest BCUT2D eigenvalue weighted by Crippen LogP contribution is 2.29. The number of hydrogen-bond donors (Lipinski definition) is 1. The summed E-state index contributed by atoms with van der Waals surface area (Å²) in [7, 11) is 1.78. The Morgan fingerprint density at radius 3 is 3.05 bits per heavy atom. The van der Waals surface area contributed by atoms with Crippen molar-refractivity contribution in [2.45, 2.75) is 0 Å². The molecule has 1 N–H and O–H groups in total. The number of nitrogens with zero attached hydrogens (tertiary/aromatic N) is 3. The standard InChI is InChI=1S/C15H16N4O/c1-3-19-6-7-20-14-8-11(12-9-17-18-10-12)4-5-13(14)15(19)16-2/h3-5,8-10H,1,6-7H2,2H3,(H,17,18). The first kappa shape index (κ1) is 12.5. The normalized spacial score (nSPS) is 16.4. The minimum atomic E-state index is 0.604. The van der Waals surface area contributed by atoms with Gasteiger partial charge in [-0.25, -0.2) is 0 Å². The van der Waals surface area contributed by atoms with E-state index in [-0.39, 0.29) is 0 Å². The third-order valence-corrected chi connectivity index (χ3v) is 3.35. The molecule has 20 heavy (non-hydrogen) atoms. The van der Waals surface area contributed by atoms with Crippen LogP contribution in [0.2, 0.25) is 0 Å². The molecule has 1 aliphatic heterocycles. The first-order chi connectivity index (χ1) is 9.83. The summed E-state index contributed by atoms with van der Waals surface area (Å²) in [5, 5.41) is 6.80. The molecule has 2 heterocycles. The van der Waals surface area contributed by atoms with Gasteiger partial charge in [0.15, 0.2) is 0 Å². The third-order valence-electron chi connectivity index (χ3n) is 3.35. The fourth-order valence-electron chi connectivity index (χ4n) is 2.36. The molecule has 0 radical (unpaired) electrons. The molecule has 5 nitrogen and oxygen atoms in total. The van der Waals surface area contributed by atoms with Crippen LogP contribution in [0.4, 0.5) is 0 Å². The zero-order valence-corrected chi connectivity index (χ0v) is 11.3. The second kappa shape index (κ2) is 5.21. The largest absolute Gasteiger partial charge is 0.491 e. The van der Waals surface area contributed by atoms with Crippen molar-refractivity contribution in [2.75, 3.05) is 20.2 Å². The van der Waals surface area contributed by atoms with Crippen LogP contribution >= 0.6 is 0 Å². The maximum Gasteiger partial charge on any atom is 0.138 e. The number of amidine groups is 1. The van der Waals surface area contributed by atoms with E-state index >= 15 is 0 Å². The molecular weight excluding hydrogens is 252 g/mol. The van der Waals surface area contributed by atoms with Crippen LogP contribution in [0.15, 0.2) is 48.4 Å². The second-order valence-electron chi connectivity index (χ2n) is 4.47. The molecule has 1 aliphatic rings. The lowest BCUT2D eigenvalue weighted by Gasteiger charge is -2.18. The Kier molecular flexibility index (Phi) is 3.25. The Morgan fingerprint density at radius 2 is 2.35 bits per heavy atom. The highest BCUT2D eigenvalue weighted by atomic mass is 16.5. The fraction of sp³-hybridized carbons (Fsp3) is 0.200. The molecule has 0 saturated carbocycles. The van der Waals surface area contributed by atoms with E-state index in [9.17, 15) is 0 Å². The van der Waals surface area contributed by atoms with Crippen LogP contribution in [-0.4, -0.2) is 41.1 Å². The Bertz CT molecular complexity index is 646. The number of fused-ring (bicyclic) bond motifs is 1. The van der Waals surface area contributed by atoms with Crippen molar-refractivity contribution in [3.63, 3.8) is 0 Å². The van der Waals surface area contributed by atoms with E-state index in [1.165, 1.54) is 0 Å². The number of aliphatic imine (C=N–C) groups is 1. The zero-order valence-electron chi connectivity index (χ0n) is 11.3. The van der Waals surface area contributed by atoms with Crippen LogP contribution in [0.3, 0.4) is 0 Å².